The van der Waals surface area contributed by atoms with Crippen molar-refractivity contribution in [1.82, 2.24) is 10.2 Å². The molecule has 5 heteroatoms. The van der Waals surface area contributed by atoms with Gasteiger partial charge in [-0.15, -0.1) is 0 Å². The van der Waals surface area contributed by atoms with Crippen LogP contribution < -0.4 is 10.6 Å². The van der Waals surface area contributed by atoms with E-state index < -0.39 is 0 Å². The zero-order valence-electron chi connectivity index (χ0n) is 15.6. The fourth-order valence-corrected chi connectivity index (χ4v) is 3.35. The van der Waals surface area contributed by atoms with Gasteiger partial charge in [0.2, 0.25) is 5.91 Å². The average Bonchev–Trinajstić information content (AvgIpc) is 2.96. The Labute approximate surface area is 160 Å². The maximum Gasteiger partial charge on any atom is 0.253 e. The summed E-state index contributed by atoms with van der Waals surface area (Å²) in [7, 11) is 0. The molecular weight excluding hydrogens is 338 g/mol. The third-order valence-corrected chi connectivity index (χ3v) is 4.81. The summed E-state index contributed by atoms with van der Waals surface area (Å²) in [5.41, 5.74) is 2.08. The predicted molar refractivity (Wildman–Crippen MR) is 108 cm³/mol. The second-order valence-corrected chi connectivity index (χ2v) is 6.95. The van der Waals surface area contributed by atoms with Gasteiger partial charge in [-0.05, 0) is 43.6 Å². The van der Waals surface area contributed by atoms with Crippen LogP contribution in [0.4, 0.5) is 5.69 Å². The zero-order chi connectivity index (χ0) is 18.9. The molecule has 0 saturated carbocycles. The van der Waals surface area contributed by atoms with Gasteiger partial charge in [0.25, 0.3) is 5.91 Å². The molecule has 1 aliphatic heterocycles. The molecule has 0 atom stereocenters. The molecule has 0 unspecified atom stereocenters. The Morgan fingerprint density at radius 1 is 0.852 bits per heavy atom. The van der Waals surface area contributed by atoms with Crippen LogP contribution in [-0.2, 0) is 11.3 Å². The molecule has 1 aliphatic rings. The fraction of sp³-hybridized carbons (Fsp3) is 0.364. The third-order valence-electron chi connectivity index (χ3n) is 4.81. The highest BCUT2D eigenvalue weighted by Gasteiger charge is 2.16. The highest BCUT2D eigenvalue weighted by molar-refractivity contribution is 6.04. The van der Waals surface area contributed by atoms with Crippen LogP contribution in [0.15, 0.2) is 54.6 Å². The fourth-order valence-electron chi connectivity index (χ4n) is 3.35. The van der Waals surface area contributed by atoms with Crippen LogP contribution in [0.25, 0.3) is 0 Å². The van der Waals surface area contributed by atoms with Gasteiger partial charge in [-0.2, -0.15) is 0 Å². The van der Waals surface area contributed by atoms with Crippen molar-refractivity contribution in [3.05, 3.63) is 65.7 Å². The van der Waals surface area contributed by atoms with Crippen LogP contribution in [0.3, 0.4) is 0 Å². The predicted octanol–water partition coefficient (Wildman–Crippen LogP) is 3.43. The molecule has 2 N–H and O–H groups in total. The van der Waals surface area contributed by atoms with Crippen LogP contribution in [0, 0.1) is 0 Å². The van der Waals surface area contributed by atoms with Crippen molar-refractivity contribution < 1.29 is 9.59 Å². The van der Waals surface area contributed by atoms with Gasteiger partial charge >= 0.3 is 0 Å². The van der Waals surface area contributed by atoms with Crippen LogP contribution in [0.1, 0.15) is 41.6 Å². The first-order valence-corrected chi connectivity index (χ1v) is 9.66. The van der Waals surface area contributed by atoms with Crippen LogP contribution in [0.2, 0.25) is 0 Å². The summed E-state index contributed by atoms with van der Waals surface area (Å²) >= 11 is 0. The molecule has 2 aromatic rings. The number of hydrogen-bond acceptors (Lipinski definition) is 3. The Bertz CT molecular complexity index is 753. The number of hydrogen-bond donors (Lipinski definition) is 2. The number of likely N-dealkylation sites (tertiary alicyclic amines) is 1. The molecule has 3 rings (SSSR count). The quantitative estimate of drug-likeness (QED) is 0.824. The van der Waals surface area contributed by atoms with E-state index in [0.717, 1.165) is 31.5 Å². The van der Waals surface area contributed by atoms with E-state index in [0.29, 0.717) is 24.3 Å². The van der Waals surface area contributed by atoms with Gasteiger partial charge in [0, 0.05) is 6.54 Å². The van der Waals surface area contributed by atoms with Gasteiger partial charge in [0.1, 0.15) is 0 Å². The number of anilines is 1. The number of nitrogens with one attached hydrogen (secondary N) is 2. The smallest absolute Gasteiger partial charge is 0.253 e. The van der Waals surface area contributed by atoms with Crippen molar-refractivity contribution in [2.45, 2.75) is 32.2 Å². The number of para-hydroxylation sites is 1. The Balaban J connectivity index is 1.59. The molecule has 0 bridgehead atoms. The van der Waals surface area contributed by atoms with Gasteiger partial charge in [-0.3, -0.25) is 14.5 Å². The summed E-state index contributed by atoms with van der Waals surface area (Å²) in [5.74, 6) is -0.260. The third kappa shape index (κ3) is 5.93. The molecular formula is C22H27N3O2. The van der Waals surface area contributed by atoms with E-state index in [2.05, 4.69) is 15.5 Å². The molecule has 2 amide bonds. The minimum absolute atomic E-state index is 0.0693. The van der Waals surface area contributed by atoms with E-state index in [-0.39, 0.29) is 11.8 Å². The summed E-state index contributed by atoms with van der Waals surface area (Å²) in [6.45, 7) is 2.76. The SMILES string of the molecule is O=C(CN1CCCCCC1)Nc1ccccc1C(=O)NCc1ccccc1. The Morgan fingerprint density at radius 2 is 1.52 bits per heavy atom. The number of nitrogens with zero attached hydrogens (tertiary/aromatic N) is 1. The summed E-state index contributed by atoms with van der Waals surface area (Å²) in [4.78, 5) is 27.2. The topological polar surface area (TPSA) is 61.4 Å². The molecule has 1 saturated heterocycles. The van der Waals surface area contributed by atoms with Gasteiger partial charge in [0.05, 0.1) is 17.8 Å². The van der Waals surface area contributed by atoms with Crippen LogP contribution >= 0.6 is 0 Å². The largest absolute Gasteiger partial charge is 0.348 e. The monoisotopic (exact) mass is 365 g/mol. The second kappa shape index (κ2) is 9.88. The summed E-state index contributed by atoms with van der Waals surface area (Å²) < 4.78 is 0. The second-order valence-electron chi connectivity index (χ2n) is 6.95. The summed E-state index contributed by atoms with van der Waals surface area (Å²) in [6, 6.07) is 16.9. The molecule has 1 fully saturated rings. The number of rotatable bonds is 6. The van der Waals surface area contributed by atoms with Crippen LogP contribution in [-0.4, -0.2) is 36.3 Å². The molecule has 0 radical (unpaired) electrons. The van der Waals surface area contributed by atoms with Crippen molar-refractivity contribution in [3.63, 3.8) is 0 Å². The summed E-state index contributed by atoms with van der Waals surface area (Å²) in [5, 5.41) is 5.83. The first-order valence-electron chi connectivity index (χ1n) is 9.66. The van der Waals surface area contributed by atoms with E-state index >= 15 is 0 Å². The molecule has 142 valence electrons. The normalized spacial score (nSPS) is 15.0. The van der Waals surface area contributed by atoms with Crippen molar-refractivity contribution in [1.29, 1.82) is 0 Å². The van der Waals surface area contributed by atoms with Gasteiger partial charge < -0.3 is 10.6 Å². The zero-order valence-corrected chi connectivity index (χ0v) is 15.6. The van der Waals surface area contributed by atoms with E-state index in [1.54, 1.807) is 12.1 Å². The lowest BCUT2D eigenvalue weighted by atomic mass is 10.1. The molecule has 2 aromatic carbocycles. The minimum atomic E-state index is -0.190. The number of benzene rings is 2. The lowest BCUT2D eigenvalue weighted by Crippen LogP contribution is -2.34. The van der Waals surface area contributed by atoms with E-state index in [1.165, 1.54) is 12.8 Å². The molecule has 0 aliphatic carbocycles. The lowest BCUT2D eigenvalue weighted by molar-refractivity contribution is -0.117. The maximum absolute atomic E-state index is 12.6. The van der Waals surface area contributed by atoms with Gasteiger partial charge in [-0.1, -0.05) is 55.3 Å². The van der Waals surface area contributed by atoms with Crippen molar-refractivity contribution in [3.8, 4) is 0 Å². The van der Waals surface area contributed by atoms with Gasteiger partial charge in [0.15, 0.2) is 0 Å². The molecule has 5 nitrogen and oxygen atoms in total. The number of amides is 2. The van der Waals surface area contributed by atoms with Crippen molar-refractivity contribution in [2.24, 2.45) is 0 Å². The standard InChI is InChI=1S/C22H27N3O2/c26-21(17-25-14-8-1-2-9-15-25)24-20-13-7-6-12-19(20)22(27)23-16-18-10-4-3-5-11-18/h3-7,10-13H,1-2,8-9,14-17H2,(H,23,27)(H,24,26). The van der Waals surface area contributed by atoms with Crippen LogP contribution in [0.5, 0.6) is 0 Å². The molecule has 27 heavy (non-hydrogen) atoms. The Hall–Kier alpha value is -2.66. The maximum atomic E-state index is 12.6. The Kier molecular flexibility index (Phi) is 6.99. The molecule has 0 aromatic heterocycles. The van der Waals surface area contributed by atoms with Crippen molar-refractivity contribution in [2.75, 3.05) is 25.0 Å². The number of carbonyl (C=O) groups is 2. The number of carbonyl (C=O) groups excluding carboxylic acids is 2. The highest BCUT2D eigenvalue weighted by atomic mass is 16.2. The van der Waals surface area contributed by atoms with E-state index in [1.807, 2.05) is 42.5 Å². The average molecular weight is 365 g/mol. The summed E-state index contributed by atoms with van der Waals surface area (Å²) in [6.07, 6.45) is 4.77. The Morgan fingerprint density at radius 3 is 2.26 bits per heavy atom. The first-order chi connectivity index (χ1) is 13.2. The highest BCUT2D eigenvalue weighted by Crippen LogP contribution is 2.16. The molecule has 0 spiro atoms. The minimum Gasteiger partial charge on any atom is -0.348 e. The van der Waals surface area contributed by atoms with Crippen molar-refractivity contribution >= 4 is 17.5 Å². The lowest BCUT2D eigenvalue weighted by Gasteiger charge is -2.19. The van der Waals surface area contributed by atoms with E-state index in [9.17, 15) is 9.59 Å². The first kappa shape index (κ1) is 19.1. The van der Waals surface area contributed by atoms with Gasteiger partial charge in [-0.25, -0.2) is 0 Å². The molecule has 1 heterocycles. The van der Waals surface area contributed by atoms with E-state index in [4.69, 9.17) is 0 Å².